The molecule has 15 heteroatoms. The van der Waals surface area contributed by atoms with Gasteiger partial charge in [-0.1, -0.05) is 24.3 Å². The highest BCUT2D eigenvalue weighted by atomic mass is 16.6. The molecule has 0 N–H and O–H groups in total. The zero-order valence-electron chi connectivity index (χ0n) is 34.3. The van der Waals surface area contributed by atoms with Gasteiger partial charge in [-0.3, -0.25) is 20.2 Å². The third kappa shape index (κ3) is 8.07. The molecular formula is C47H42N4O11. The van der Waals surface area contributed by atoms with Crippen molar-refractivity contribution >= 4 is 17.4 Å². The summed E-state index contributed by atoms with van der Waals surface area (Å²) in [5.74, 6) is 4.16. The molecule has 0 fully saturated rings. The fourth-order valence-corrected chi connectivity index (χ4v) is 8.17. The molecule has 0 saturated heterocycles. The number of urea groups is 1. The number of nitrogens with zero attached hydrogens (tertiary/aromatic N) is 4. The van der Waals surface area contributed by atoms with E-state index in [-0.39, 0.29) is 17.4 Å². The van der Waals surface area contributed by atoms with Gasteiger partial charge in [0.15, 0.2) is 23.0 Å². The van der Waals surface area contributed by atoms with Crippen LogP contribution in [0.25, 0.3) is 0 Å². The molecule has 2 heterocycles. The van der Waals surface area contributed by atoms with Gasteiger partial charge < -0.3 is 38.2 Å². The lowest BCUT2D eigenvalue weighted by atomic mass is 9.86. The maximum atomic E-state index is 15.5. The largest absolute Gasteiger partial charge is 0.493 e. The summed E-state index contributed by atoms with van der Waals surface area (Å²) >= 11 is 0. The second-order valence-corrected chi connectivity index (χ2v) is 14.6. The monoisotopic (exact) mass is 838 g/mol. The number of methoxy groups -OCH3 is 4. The Labute approximate surface area is 356 Å². The van der Waals surface area contributed by atoms with E-state index < -0.39 is 21.9 Å². The maximum absolute atomic E-state index is 15.5. The maximum Gasteiger partial charge on any atom is 0.321 e. The van der Waals surface area contributed by atoms with E-state index >= 15 is 4.79 Å². The first-order valence-corrected chi connectivity index (χ1v) is 19.7. The van der Waals surface area contributed by atoms with Crippen molar-refractivity contribution in [2.45, 2.75) is 24.9 Å². The summed E-state index contributed by atoms with van der Waals surface area (Å²) in [6, 6.07) is 33.2. The number of benzene rings is 6. The topological polar surface area (TPSA) is 165 Å². The second kappa shape index (κ2) is 17.4. The van der Waals surface area contributed by atoms with Crippen LogP contribution in [0.5, 0.6) is 46.0 Å². The number of non-ortho nitro benzene ring substituents is 2. The Bertz CT molecular complexity index is 2440. The summed E-state index contributed by atoms with van der Waals surface area (Å²) < 4.78 is 35.0. The van der Waals surface area contributed by atoms with Gasteiger partial charge in [0.25, 0.3) is 11.4 Å². The van der Waals surface area contributed by atoms with Crippen LogP contribution in [0.4, 0.5) is 16.2 Å². The Kier molecular flexibility index (Phi) is 11.5. The standard InChI is InChI=1S/C47H42N4O11/c1-57-41-25-31-21-23-48(45(39(31)27-43(41)59-3)29-5-13-35(14-6-29)61-37-17-9-33(10-18-37)50(53)54)47(52)49-24-22-32-26-42(58-2)44(60-4)28-40(32)46(49)30-7-15-36(16-8-30)62-38-19-11-34(12-20-38)51(55)56/h5-20,25-28,45-46H,21-24H2,1-4H3/t45-,46-/m0/s1. The summed E-state index contributed by atoms with van der Waals surface area (Å²) in [5.41, 5.74) is 5.40. The van der Waals surface area contributed by atoms with Crippen molar-refractivity contribution in [2.75, 3.05) is 41.5 Å². The van der Waals surface area contributed by atoms with Crippen LogP contribution >= 0.6 is 0 Å². The summed E-state index contributed by atoms with van der Waals surface area (Å²) in [5, 5.41) is 22.3. The number of nitro benzene ring substituents is 2. The third-order valence-electron chi connectivity index (χ3n) is 11.2. The number of amides is 2. The fourth-order valence-electron chi connectivity index (χ4n) is 8.17. The van der Waals surface area contributed by atoms with Crippen molar-refractivity contribution in [2.24, 2.45) is 0 Å². The molecule has 15 nitrogen and oxygen atoms in total. The third-order valence-corrected chi connectivity index (χ3v) is 11.2. The first-order chi connectivity index (χ1) is 30.1. The van der Waals surface area contributed by atoms with Crippen LogP contribution in [-0.4, -0.2) is 67.2 Å². The highest BCUT2D eigenvalue weighted by Crippen LogP contribution is 2.46. The van der Waals surface area contributed by atoms with Crippen molar-refractivity contribution in [3.8, 4) is 46.0 Å². The SMILES string of the molecule is COc1cc2c(cc1OC)[C@H](c1ccc(Oc3ccc([N+](=O)[O-])cc3)cc1)N(C(=O)N1CCc3cc(OC)c(OC)cc3[C@@H]1c1ccc(Oc3ccc([N+](=O)[O-])cc3)cc1)CC2. The predicted octanol–water partition coefficient (Wildman–Crippen LogP) is 9.84. The van der Waals surface area contributed by atoms with Crippen molar-refractivity contribution < 1.29 is 43.1 Å². The van der Waals surface area contributed by atoms with Gasteiger partial charge in [-0.15, -0.1) is 0 Å². The Morgan fingerprint density at radius 2 is 0.806 bits per heavy atom. The molecule has 6 aromatic rings. The zero-order valence-corrected chi connectivity index (χ0v) is 34.3. The lowest BCUT2D eigenvalue weighted by molar-refractivity contribution is -0.385. The Morgan fingerprint density at radius 1 is 0.500 bits per heavy atom. The van der Waals surface area contributed by atoms with E-state index in [2.05, 4.69) is 0 Å². The number of hydrogen-bond acceptors (Lipinski definition) is 11. The van der Waals surface area contributed by atoms with Crippen LogP contribution in [-0.2, 0) is 12.8 Å². The van der Waals surface area contributed by atoms with Crippen LogP contribution in [0.3, 0.4) is 0 Å². The lowest BCUT2D eigenvalue weighted by Gasteiger charge is -2.45. The normalized spacial score (nSPS) is 15.4. The lowest BCUT2D eigenvalue weighted by Crippen LogP contribution is -2.51. The van der Waals surface area contributed by atoms with Gasteiger partial charge in [0, 0.05) is 37.4 Å². The molecule has 0 aliphatic carbocycles. The van der Waals surface area contributed by atoms with Crippen molar-refractivity contribution in [1.82, 2.24) is 9.80 Å². The molecular weight excluding hydrogens is 797 g/mol. The van der Waals surface area contributed by atoms with E-state index in [1.807, 2.05) is 82.6 Å². The number of carbonyl (C=O) groups excluding carboxylic acids is 1. The molecule has 0 aromatic heterocycles. The van der Waals surface area contributed by atoms with Crippen LogP contribution in [0, 0.1) is 20.2 Å². The molecule has 2 aliphatic heterocycles. The van der Waals surface area contributed by atoms with Gasteiger partial charge >= 0.3 is 6.03 Å². The van der Waals surface area contributed by atoms with Gasteiger partial charge in [0.2, 0.25) is 0 Å². The average Bonchev–Trinajstić information content (AvgIpc) is 3.30. The molecule has 0 saturated carbocycles. The van der Waals surface area contributed by atoms with Gasteiger partial charge in [-0.25, -0.2) is 4.79 Å². The predicted molar refractivity (Wildman–Crippen MR) is 228 cm³/mol. The molecule has 0 spiro atoms. The second-order valence-electron chi connectivity index (χ2n) is 14.6. The summed E-state index contributed by atoms with van der Waals surface area (Å²) in [4.78, 5) is 40.7. The summed E-state index contributed by atoms with van der Waals surface area (Å²) in [7, 11) is 6.35. The molecule has 2 atom stereocenters. The van der Waals surface area contributed by atoms with E-state index in [0.29, 0.717) is 71.9 Å². The fraction of sp³-hybridized carbons (Fsp3) is 0.213. The molecule has 6 aromatic carbocycles. The highest BCUT2D eigenvalue weighted by Gasteiger charge is 2.40. The zero-order chi connectivity index (χ0) is 43.5. The number of fused-ring (bicyclic) bond motifs is 2. The number of hydrogen-bond donors (Lipinski definition) is 0. The van der Waals surface area contributed by atoms with E-state index in [4.69, 9.17) is 28.4 Å². The quantitative estimate of drug-likeness (QED) is 0.0851. The molecule has 62 heavy (non-hydrogen) atoms. The molecule has 8 rings (SSSR count). The van der Waals surface area contributed by atoms with Gasteiger partial charge in [-0.2, -0.15) is 0 Å². The first kappa shape index (κ1) is 40.9. The molecule has 2 aliphatic rings. The van der Waals surface area contributed by atoms with Crippen LogP contribution in [0.2, 0.25) is 0 Å². The minimum absolute atomic E-state index is 0.0375. The first-order valence-electron chi connectivity index (χ1n) is 19.7. The van der Waals surface area contributed by atoms with Crippen molar-refractivity contribution in [1.29, 1.82) is 0 Å². The smallest absolute Gasteiger partial charge is 0.321 e. The molecule has 0 unspecified atom stereocenters. The number of ether oxygens (including phenoxy) is 6. The Hall–Kier alpha value is -7.81. The van der Waals surface area contributed by atoms with E-state index in [1.54, 1.807) is 52.7 Å². The van der Waals surface area contributed by atoms with Crippen LogP contribution < -0.4 is 28.4 Å². The van der Waals surface area contributed by atoms with Crippen molar-refractivity contribution in [3.05, 3.63) is 175 Å². The minimum Gasteiger partial charge on any atom is -0.493 e. The number of nitro groups is 2. The van der Waals surface area contributed by atoms with Crippen LogP contribution in [0.1, 0.15) is 45.5 Å². The number of carbonyl (C=O) groups is 1. The summed E-state index contributed by atoms with van der Waals surface area (Å²) in [6.07, 6.45) is 1.13. The summed E-state index contributed by atoms with van der Waals surface area (Å²) in [6.45, 7) is 0.800. The molecule has 316 valence electrons. The average molecular weight is 839 g/mol. The van der Waals surface area contributed by atoms with Gasteiger partial charge in [0.1, 0.15) is 23.0 Å². The molecule has 0 radical (unpaired) electrons. The minimum atomic E-state index is -0.538. The number of rotatable bonds is 12. The van der Waals surface area contributed by atoms with Crippen LogP contribution in [0.15, 0.2) is 121 Å². The van der Waals surface area contributed by atoms with Gasteiger partial charge in [-0.05, 0) is 119 Å². The molecule has 0 bridgehead atoms. The van der Waals surface area contributed by atoms with Gasteiger partial charge in [0.05, 0.1) is 50.4 Å². The van der Waals surface area contributed by atoms with E-state index in [9.17, 15) is 20.2 Å². The Morgan fingerprint density at radius 3 is 1.11 bits per heavy atom. The molecule has 2 amide bonds. The van der Waals surface area contributed by atoms with E-state index in [0.717, 1.165) is 33.4 Å². The highest BCUT2D eigenvalue weighted by molar-refractivity contribution is 5.78. The van der Waals surface area contributed by atoms with Crippen molar-refractivity contribution in [3.63, 3.8) is 0 Å². The van der Waals surface area contributed by atoms with E-state index in [1.165, 1.54) is 24.3 Å². The Balaban J connectivity index is 1.16.